The molecular weight excluding hydrogens is 298 g/mol. The van der Waals surface area contributed by atoms with E-state index in [1.54, 1.807) is 4.88 Å². The topological polar surface area (TPSA) is 21.3 Å². The second-order valence-corrected chi connectivity index (χ2v) is 6.89. The third-order valence-electron chi connectivity index (χ3n) is 3.14. The molecule has 96 valence electrons. The van der Waals surface area contributed by atoms with Crippen LogP contribution in [0.2, 0.25) is 0 Å². The van der Waals surface area contributed by atoms with E-state index in [9.17, 15) is 0 Å². The Bertz CT molecular complexity index is 353. The Morgan fingerprint density at radius 1 is 1.59 bits per heavy atom. The van der Waals surface area contributed by atoms with Gasteiger partial charge in [-0.1, -0.05) is 0 Å². The lowest BCUT2D eigenvalue weighted by Gasteiger charge is -2.23. The zero-order valence-electron chi connectivity index (χ0n) is 10.3. The maximum atomic E-state index is 5.35. The van der Waals surface area contributed by atoms with Gasteiger partial charge in [-0.15, -0.1) is 11.3 Å². The normalized spacial score (nSPS) is 19.3. The van der Waals surface area contributed by atoms with E-state index in [4.69, 9.17) is 4.74 Å². The Hall–Kier alpha value is 0.100. The van der Waals surface area contributed by atoms with E-state index in [1.807, 2.05) is 18.3 Å². The van der Waals surface area contributed by atoms with Gasteiger partial charge in [-0.2, -0.15) is 0 Å². The van der Waals surface area contributed by atoms with Crippen molar-refractivity contribution < 1.29 is 4.74 Å². The summed E-state index contributed by atoms with van der Waals surface area (Å²) in [5.41, 5.74) is 1.52. The first-order valence-corrected chi connectivity index (χ1v) is 8.01. The molecule has 17 heavy (non-hydrogen) atoms. The Morgan fingerprint density at radius 2 is 2.47 bits per heavy atom. The van der Waals surface area contributed by atoms with E-state index in [2.05, 4.69) is 27.3 Å². The van der Waals surface area contributed by atoms with Gasteiger partial charge in [0.25, 0.3) is 0 Å². The lowest BCUT2D eigenvalue weighted by atomic mass is 9.94. The first kappa shape index (κ1) is 13.5. The number of fused-ring (bicyclic) bond motifs is 1. The minimum Gasteiger partial charge on any atom is -0.382 e. The fourth-order valence-corrected chi connectivity index (χ4v) is 4.15. The molecule has 0 fully saturated rings. The van der Waals surface area contributed by atoms with E-state index in [0.717, 1.165) is 26.2 Å². The molecule has 1 aromatic rings. The minimum atomic E-state index is 0.558. The highest BCUT2D eigenvalue weighted by Gasteiger charge is 2.21. The molecule has 0 spiro atoms. The predicted octanol–water partition coefficient (Wildman–Crippen LogP) is 3.90. The maximum Gasteiger partial charge on any atom is 0.0704 e. The standard InChI is InChI=1S/C13H20BrNOS/c1-2-16-8-4-7-15-11-5-3-6-12-10(11)9-13(14)17-12/h9,11,15H,2-8H2,1H3. The number of rotatable bonds is 6. The molecule has 0 amide bonds. The molecule has 0 saturated heterocycles. The van der Waals surface area contributed by atoms with Gasteiger partial charge < -0.3 is 10.1 Å². The van der Waals surface area contributed by atoms with Crippen molar-refractivity contribution >= 4 is 27.3 Å². The lowest BCUT2D eigenvalue weighted by Crippen LogP contribution is -2.25. The summed E-state index contributed by atoms with van der Waals surface area (Å²) < 4.78 is 6.62. The molecule has 0 radical (unpaired) electrons. The fraction of sp³-hybridized carbons (Fsp3) is 0.692. The number of thiophene rings is 1. The molecular formula is C13H20BrNOS. The largest absolute Gasteiger partial charge is 0.382 e. The number of ether oxygens (including phenoxy) is 1. The lowest BCUT2D eigenvalue weighted by molar-refractivity contribution is 0.144. The average molecular weight is 318 g/mol. The summed E-state index contributed by atoms with van der Waals surface area (Å²) in [7, 11) is 0. The van der Waals surface area contributed by atoms with Crippen molar-refractivity contribution in [3.05, 3.63) is 20.3 Å². The number of hydrogen-bond acceptors (Lipinski definition) is 3. The fourth-order valence-electron chi connectivity index (χ4n) is 2.33. The Kier molecular flexibility index (Phi) is 5.48. The van der Waals surface area contributed by atoms with Crippen LogP contribution in [0.4, 0.5) is 0 Å². The summed E-state index contributed by atoms with van der Waals surface area (Å²) in [6.07, 6.45) is 4.93. The second kappa shape index (κ2) is 6.88. The highest BCUT2D eigenvalue weighted by atomic mass is 79.9. The van der Waals surface area contributed by atoms with Crippen LogP contribution in [0.1, 0.15) is 42.7 Å². The van der Waals surface area contributed by atoms with Gasteiger partial charge in [-0.3, -0.25) is 0 Å². The molecule has 0 saturated carbocycles. The molecule has 0 bridgehead atoms. The predicted molar refractivity (Wildman–Crippen MR) is 76.8 cm³/mol. The van der Waals surface area contributed by atoms with Crippen LogP contribution >= 0.6 is 27.3 Å². The van der Waals surface area contributed by atoms with E-state index in [0.29, 0.717) is 6.04 Å². The highest BCUT2D eigenvalue weighted by Crippen LogP contribution is 2.37. The van der Waals surface area contributed by atoms with Crippen molar-refractivity contribution in [3.63, 3.8) is 0 Å². The Balaban J connectivity index is 1.82. The van der Waals surface area contributed by atoms with Gasteiger partial charge in [0.15, 0.2) is 0 Å². The van der Waals surface area contributed by atoms with Crippen LogP contribution in [0, 0.1) is 0 Å². The number of nitrogens with one attached hydrogen (secondary N) is 1. The minimum absolute atomic E-state index is 0.558. The van der Waals surface area contributed by atoms with E-state index in [-0.39, 0.29) is 0 Å². The molecule has 1 heterocycles. The zero-order valence-corrected chi connectivity index (χ0v) is 12.7. The summed E-state index contributed by atoms with van der Waals surface area (Å²) >= 11 is 5.49. The van der Waals surface area contributed by atoms with E-state index in [1.165, 1.54) is 28.6 Å². The highest BCUT2D eigenvalue weighted by molar-refractivity contribution is 9.11. The summed E-state index contributed by atoms with van der Waals surface area (Å²) in [6.45, 7) is 4.79. The van der Waals surface area contributed by atoms with Crippen LogP contribution in [-0.4, -0.2) is 19.8 Å². The third kappa shape index (κ3) is 3.78. The SMILES string of the molecule is CCOCCCNC1CCCc2sc(Br)cc21. The van der Waals surface area contributed by atoms with Crippen molar-refractivity contribution in [1.82, 2.24) is 5.32 Å². The molecule has 1 aliphatic carbocycles. The monoisotopic (exact) mass is 317 g/mol. The van der Waals surface area contributed by atoms with Crippen LogP contribution < -0.4 is 5.32 Å². The van der Waals surface area contributed by atoms with Crippen LogP contribution in [0.3, 0.4) is 0 Å². The maximum absolute atomic E-state index is 5.35. The van der Waals surface area contributed by atoms with Gasteiger partial charge >= 0.3 is 0 Å². The van der Waals surface area contributed by atoms with Gasteiger partial charge in [-0.25, -0.2) is 0 Å². The molecule has 0 aliphatic heterocycles. The number of aryl methyl sites for hydroxylation is 1. The molecule has 1 atom stereocenters. The molecule has 1 aliphatic rings. The molecule has 2 rings (SSSR count). The summed E-state index contributed by atoms with van der Waals surface area (Å²) in [5.74, 6) is 0. The van der Waals surface area contributed by atoms with Crippen molar-refractivity contribution in [2.45, 2.75) is 38.6 Å². The van der Waals surface area contributed by atoms with Crippen LogP contribution in [0.15, 0.2) is 9.85 Å². The number of halogens is 1. The van der Waals surface area contributed by atoms with E-state index < -0.39 is 0 Å². The first-order chi connectivity index (χ1) is 8.31. The summed E-state index contributed by atoms with van der Waals surface area (Å²) in [5, 5.41) is 3.66. The number of hydrogen-bond donors (Lipinski definition) is 1. The first-order valence-electron chi connectivity index (χ1n) is 6.40. The van der Waals surface area contributed by atoms with Crippen LogP contribution in [0.5, 0.6) is 0 Å². The molecule has 4 heteroatoms. The molecule has 0 aromatic carbocycles. The van der Waals surface area contributed by atoms with Crippen molar-refractivity contribution in [2.24, 2.45) is 0 Å². The van der Waals surface area contributed by atoms with Crippen molar-refractivity contribution in [2.75, 3.05) is 19.8 Å². The molecule has 2 nitrogen and oxygen atoms in total. The Morgan fingerprint density at radius 3 is 3.29 bits per heavy atom. The molecule has 1 N–H and O–H groups in total. The van der Waals surface area contributed by atoms with Crippen LogP contribution in [-0.2, 0) is 11.2 Å². The third-order valence-corrected chi connectivity index (χ3v) is 4.86. The molecule has 1 aromatic heterocycles. The summed E-state index contributed by atoms with van der Waals surface area (Å²) in [4.78, 5) is 1.56. The zero-order chi connectivity index (χ0) is 12.1. The average Bonchev–Trinajstić information content (AvgIpc) is 2.70. The van der Waals surface area contributed by atoms with Gasteiger partial charge in [0.2, 0.25) is 0 Å². The van der Waals surface area contributed by atoms with Gasteiger partial charge in [-0.05, 0) is 66.7 Å². The second-order valence-electron chi connectivity index (χ2n) is 4.38. The smallest absolute Gasteiger partial charge is 0.0704 e. The quantitative estimate of drug-likeness (QED) is 0.803. The van der Waals surface area contributed by atoms with Gasteiger partial charge in [0, 0.05) is 24.1 Å². The van der Waals surface area contributed by atoms with Crippen LogP contribution in [0.25, 0.3) is 0 Å². The van der Waals surface area contributed by atoms with Crippen molar-refractivity contribution in [3.8, 4) is 0 Å². The Labute approximate surface area is 116 Å². The van der Waals surface area contributed by atoms with Gasteiger partial charge in [0.1, 0.15) is 0 Å². The van der Waals surface area contributed by atoms with Crippen molar-refractivity contribution in [1.29, 1.82) is 0 Å². The van der Waals surface area contributed by atoms with Gasteiger partial charge in [0.05, 0.1) is 3.79 Å². The van der Waals surface area contributed by atoms with E-state index >= 15 is 0 Å². The summed E-state index contributed by atoms with van der Waals surface area (Å²) in [6, 6.07) is 2.85. The molecule has 1 unspecified atom stereocenters.